The van der Waals surface area contributed by atoms with Crippen LogP contribution in [-0.2, 0) is 6.54 Å². The number of benzene rings is 2. The Kier molecular flexibility index (Phi) is 2.82. The highest BCUT2D eigenvalue weighted by Crippen LogP contribution is 2.19. The minimum atomic E-state index is -0.192. The summed E-state index contributed by atoms with van der Waals surface area (Å²) >= 11 is 0. The second-order valence-corrected chi connectivity index (χ2v) is 4.80. The first-order chi connectivity index (χ1) is 9.15. The van der Waals surface area contributed by atoms with Crippen LogP contribution in [-0.4, -0.2) is 9.55 Å². The number of rotatable bonds is 2. The predicted molar refractivity (Wildman–Crippen MR) is 74.7 cm³/mol. The third-order valence-electron chi connectivity index (χ3n) is 3.49. The fourth-order valence-corrected chi connectivity index (χ4v) is 2.38. The lowest BCUT2D eigenvalue weighted by atomic mass is 10.1. The molecule has 96 valence electrons. The molecule has 0 radical (unpaired) electrons. The predicted octanol–water partition coefficient (Wildman–Crippen LogP) is 3.84. The van der Waals surface area contributed by atoms with Gasteiger partial charge < -0.3 is 4.57 Å². The van der Waals surface area contributed by atoms with Crippen molar-refractivity contribution in [3.63, 3.8) is 0 Å². The van der Waals surface area contributed by atoms with Gasteiger partial charge in [0.25, 0.3) is 0 Å². The van der Waals surface area contributed by atoms with Crippen LogP contribution >= 0.6 is 0 Å². The molecular weight excluding hydrogens is 239 g/mol. The second kappa shape index (κ2) is 4.50. The zero-order valence-corrected chi connectivity index (χ0v) is 11.0. The lowest BCUT2D eigenvalue weighted by Gasteiger charge is -2.10. The van der Waals surface area contributed by atoms with Gasteiger partial charge in [-0.25, -0.2) is 9.37 Å². The molecule has 0 atom stereocenters. The lowest BCUT2D eigenvalue weighted by molar-refractivity contribution is 0.622. The van der Waals surface area contributed by atoms with Gasteiger partial charge in [-0.1, -0.05) is 18.2 Å². The molecule has 0 fully saturated rings. The Hall–Kier alpha value is -2.16. The molecule has 0 aliphatic carbocycles. The van der Waals surface area contributed by atoms with Crippen LogP contribution in [0.25, 0.3) is 11.0 Å². The largest absolute Gasteiger partial charge is 0.324 e. The highest BCUT2D eigenvalue weighted by atomic mass is 19.1. The van der Waals surface area contributed by atoms with Crippen molar-refractivity contribution < 1.29 is 4.39 Å². The Morgan fingerprint density at radius 1 is 1.11 bits per heavy atom. The van der Waals surface area contributed by atoms with Gasteiger partial charge in [-0.15, -0.1) is 0 Å². The van der Waals surface area contributed by atoms with E-state index in [4.69, 9.17) is 0 Å². The van der Waals surface area contributed by atoms with Gasteiger partial charge in [-0.2, -0.15) is 0 Å². The van der Waals surface area contributed by atoms with Crippen molar-refractivity contribution in [3.05, 3.63) is 65.2 Å². The van der Waals surface area contributed by atoms with Crippen LogP contribution in [0.1, 0.15) is 17.0 Å². The van der Waals surface area contributed by atoms with Crippen LogP contribution in [0, 0.1) is 19.7 Å². The van der Waals surface area contributed by atoms with E-state index in [0.717, 1.165) is 28.0 Å². The summed E-state index contributed by atoms with van der Waals surface area (Å²) in [6.45, 7) is 4.63. The minimum absolute atomic E-state index is 0.192. The molecule has 2 nitrogen and oxygen atoms in total. The molecule has 1 aromatic heterocycles. The summed E-state index contributed by atoms with van der Waals surface area (Å²) in [5.41, 5.74) is 4.16. The second-order valence-electron chi connectivity index (χ2n) is 4.80. The Balaban J connectivity index is 2.10. The van der Waals surface area contributed by atoms with Crippen LogP contribution in [0.5, 0.6) is 0 Å². The van der Waals surface area contributed by atoms with Gasteiger partial charge in [-0.3, -0.25) is 0 Å². The van der Waals surface area contributed by atoms with Gasteiger partial charge in [-0.05, 0) is 49.2 Å². The van der Waals surface area contributed by atoms with Gasteiger partial charge in [0.15, 0.2) is 0 Å². The quantitative estimate of drug-likeness (QED) is 0.679. The molecule has 0 unspecified atom stereocenters. The summed E-state index contributed by atoms with van der Waals surface area (Å²) in [7, 11) is 0. The number of aryl methyl sites for hydroxylation is 2. The summed E-state index contributed by atoms with van der Waals surface area (Å²) in [5, 5.41) is 0. The Morgan fingerprint density at radius 3 is 2.74 bits per heavy atom. The first kappa shape index (κ1) is 11.9. The molecule has 0 bridgehead atoms. The van der Waals surface area contributed by atoms with Gasteiger partial charge >= 0.3 is 0 Å². The summed E-state index contributed by atoms with van der Waals surface area (Å²) in [5.74, 6) is 0.757. The molecular formula is C16H15FN2. The smallest absolute Gasteiger partial charge is 0.123 e. The van der Waals surface area contributed by atoms with E-state index in [1.54, 1.807) is 6.07 Å². The summed E-state index contributed by atoms with van der Waals surface area (Å²) in [4.78, 5) is 4.53. The topological polar surface area (TPSA) is 17.8 Å². The van der Waals surface area contributed by atoms with Crippen molar-refractivity contribution >= 4 is 11.0 Å². The Labute approximate surface area is 111 Å². The zero-order chi connectivity index (χ0) is 13.4. The standard InChI is InChI=1S/C16H15FN2/c1-11-7-8-14(17)9-13(11)10-19-12(2)18-15-5-3-4-6-16(15)19/h3-9H,10H2,1-2H3. The van der Waals surface area contributed by atoms with E-state index in [9.17, 15) is 4.39 Å². The number of imidazole rings is 1. The normalized spacial score (nSPS) is 11.1. The van der Waals surface area contributed by atoms with Crippen molar-refractivity contribution in [1.82, 2.24) is 9.55 Å². The zero-order valence-electron chi connectivity index (χ0n) is 11.0. The van der Waals surface area contributed by atoms with E-state index in [0.29, 0.717) is 6.54 Å². The highest BCUT2D eigenvalue weighted by Gasteiger charge is 2.09. The average molecular weight is 254 g/mol. The first-order valence-corrected chi connectivity index (χ1v) is 6.32. The number of hydrogen-bond donors (Lipinski definition) is 0. The third kappa shape index (κ3) is 2.12. The number of para-hydroxylation sites is 2. The average Bonchev–Trinajstić information content (AvgIpc) is 2.71. The van der Waals surface area contributed by atoms with Crippen molar-refractivity contribution in [2.45, 2.75) is 20.4 Å². The summed E-state index contributed by atoms with van der Waals surface area (Å²) < 4.78 is 15.5. The fraction of sp³-hybridized carbons (Fsp3) is 0.188. The number of hydrogen-bond acceptors (Lipinski definition) is 1. The fourth-order valence-electron chi connectivity index (χ4n) is 2.38. The molecule has 0 saturated heterocycles. The lowest BCUT2D eigenvalue weighted by Crippen LogP contribution is -2.04. The molecule has 0 aliphatic rings. The van der Waals surface area contributed by atoms with Crippen LogP contribution in [0.4, 0.5) is 4.39 Å². The van der Waals surface area contributed by atoms with E-state index in [-0.39, 0.29) is 5.82 Å². The molecule has 0 N–H and O–H groups in total. The van der Waals surface area contributed by atoms with Crippen LogP contribution in [0.3, 0.4) is 0 Å². The van der Waals surface area contributed by atoms with E-state index >= 15 is 0 Å². The van der Waals surface area contributed by atoms with Crippen molar-refractivity contribution in [2.24, 2.45) is 0 Å². The van der Waals surface area contributed by atoms with Gasteiger partial charge in [0, 0.05) is 6.54 Å². The number of nitrogens with zero attached hydrogens (tertiary/aromatic N) is 2. The molecule has 0 spiro atoms. The summed E-state index contributed by atoms with van der Waals surface area (Å²) in [6, 6.07) is 12.9. The van der Waals surface area contributed by atoms with Crippen LogP contribution in [0.15, 0.2) is 42.5 Å². The molecule has 0 amide bonds. The van der Waals surface area contributed by atoms with Gasteiger partial charge in [0.05, 0.1) is 11.0 Å². The number of aromatic nitrogens is 2. The number of fused-ring (bicyclic) bond motifs is 1. The van der Waals surface area contributed by atoms with E-state index in [1.807, 2.05) is 44.2 Å². The maximum absolute atomic E-state index is 13.4. The van der Waals surface area contributed by atoms with Crippen molar-refractivity contribution in [1.29, 1.82) is 0 Å². The molecule has 1 heterocycles. The van der Waals surface area contributed by atoms with Gasteiger partial charge in [0.2, 0.25) is 0 Å². The Bertz CT molecular complexity index is 744. The molecule has 0 aliphatic heterocycles. The Morgan fingerprint density at radius 2 is 1.89 bits per heavy atom. The molecule has 2 aromatic carbocycles. The first-order valence-electron chi connectivity index (χ1n) is 6.32. The highest BCUT2D eigenvalue weighted by molar-refractivity contribution is 5.76. The van der Waals surface area contributed by atoms with E-state index in [1.165, 1.54) is 6.07 Å². The summed E-state index contributed by atoms with van der Waals surface area (Å²) in [6.07, 6.45) is 0. The van der Waals surface area contributed by atoms with E-state index in [2.05, 4.69) is 9.55 Å². The monoisotopic (exact) mass is 254 g/mol. The molecule has 3 aromatic rings. The van der Waals surface area contributed by atoms with Crippen LogP contribution < -0.4 is 0 Å². The molecule has 3 rings (SSSR count). The SMILES string of the molecule is Cc1ccc(F)cc1Cn1c(C)nc2ccccc21. The minimum Gasteiger partial charge on any atom is -0.324 e. The number of halogens is 1. The van der Waals surface area contributed by atoms with Crippen molar-refractivity contribution in [2.75, 3.05) is 0 Å². The van der Waals surface area contributed by atoms with Crippen molar-refractivity contribution in [3.8, 4) is 0 Å². The maximum atomic E-state index is 13.4. The maximum Gasteiger partial charge on any atom is 0.123 e. The third-order valence-corrected chi connectivity index (χ3v) is 3.49. The van der Waals surface area contributed by atoms with Crippen LogP contribution in [0.2, 0.25) is 0 Å². The molecule has 19 heavy (non-hydrogen) atoms. The molecule has 0 saturated carbocycles. The van der Waals surface area contributed by atoms with Gasteiger partial charge in [0.1, 0.15) is 11.6 Å². The molecule has 3 heteroatoms. The van der Waals surface area contributed by atoms with E-state index < -0.39 is 0 Å².